The summed E-state index contributed by atoms with van der Waals surface area (Å²) in [5, 5.41) is 2.93. The maximum atomic E-state index is 6.27. The molecule has 16 heavy (non-hydrogen) atoms. The third kappa shape index (κ3) is 2.05. The van der Waals surface area contributed by atoms with Crippen molar-refractivity contribution in [3.63, 3.8) is 0 Å². The zero-order chi connectivity index (χ0) is 11.8. The van der Waals surface area contributed by atoms with Crippen molar-refractivity contribution in [2.24, 2.45) is 16.5 Å². The van der Waals surface area contributed by atoms with Gasteiger partial charge in [0.15, 0.2) is 11.6 Å². The maximum Gasteiger partial charge on any atom is 0.195 e. The maximum absolute atomic E-state index is 6.27. The number of rotatable bonds is 1. The molecule has 0 amide bonds. The molecule has 0 radical (unpaired) electrons. The van der Waals surface area contributed by atoms with E-state index in [0.29, 0.717) is 5.96 Å². The van der Waals surface area contributed by atoms with Gasteiger partial charge in [-0.1, -0.05) is 18.2 Å². The van der Waals surface area contributed by atoms with E-state index >= 15 is 0 Å². The van der Waals surface area contributed by atoms with E-state index in [9.17, 15) is 0 Å². The molecule has 1 aromatic rings. The molecule has 0 aliphatic carbocycles. The highest BCUT2D eigenvalue weighted by atomic mass is 127. The highest BCUT2D eigenvalue weighted by Crippen LogP contribution is 2.28. The average molecular weight is 328 g/mol. The summed E-state index contributed by atoms with van der Waals surface area (Å²) in [5.74, 6) is 0.349. The van der Waals surface area contributed by atoms with Crippen LogP contribution in [0, 0.1) is 3.57 Å². The van der Waals surface area contributed by atoms with Crippen LogP contribution in [0.1, 0.15) is 12.5 Å². The Morgan fingerprint density at radius 1 is 1.38 bits per heavy atom. The topological polar surface area (TPSA) is 76.4 Å². The summed E-state index contributed by atoms with van der Waals surface area (Å²) in [5.41, 5.74) is 13.0. The lowest BCUT2D eigenvalue weighted by Crippen LogP contribution is -2.44. The van der Waals surface area contributed by atoms with Crippen LogP contribution in [0.3, 0.4) is 0 Å². The predicted octanol–water partition coefficient (Wildman–Crippen LogP) is 1.22. The third-order valence-electron chi connectivity index (χ3n) is 2.37. The van der Waals surface area contributed by atoms with Crippen LogP contribution in [0.5, 0.6) is 0 Å². The summed E-state index contributed by atoms with van der Waals surface area (Å²) in [4.78, 5) is 4.28. The van der Waals surface area contributed by atoms with Crippen LogP contribution in [-0.4, -0.2) is 5.96 Å². The van der Waals surface area contributed by atoms with Crippen molar-refractivity contribution in [1.82, 2.24) is 5.32 Å². The molecule has 1 heterocycles. The molecule has 0 saturated carbocycles. The smallest absolute Gasteiger partial charge is 0.195 e. The van der Waals surface area contributed by atoms with Gasteiger partial charge in [0, 0.05) is 14.8 Å². The van der Waals surface area contributed by atoms with Crippen LogP contribution in [0.2, 0.25) is 0 Å². The highest BCUT2D eigenvalue weighted by molar-refractivity contribution is 14.1. The average Bonchev–Trinajstić information content (AvgIpc) is 2.15. The molecule has 2 rings (SSSR count). The van der Waals surface area contributed by atoms with Crippen molar-refractivity contribution < 1.29 is 0 Å². The molecule has 1 unspecified atom stereocenters. The van der Waals surface area contributed by atoms with Gasteiger partial charge in [0.05, 0.1) is 0 Å². The van der Waals surface area contributed by atoms with Crippen LogP contribution in [0.4, 0.5) is 0 Å². The van der Waals surface area contributed by atoms with Crippen molar-refractivity contribution in [3.8, 4) is 0 Å². The Morgan fingerprint density at radius 3 is 2.69 bits per heavy atom. The molecule has 1 aliphatic heterocycles. The number of aliphatic imine (C=N–C) groups is 1. The Kier molecular flexibility index (Phi) is 2.90. The van der Waals surface area contributed by atoms with Crippen molar-refractivity contribution >= 4 is 28.6 Å². The molecule has 5 N–H and O–H groups in total. The molecule has 5 heteroatoms. The van der Waals surface area contributed by atoms with Crippen LogP contribution in [0.25, 0.3) is 0 Å². The standard InChI is InChI=1S/C11H13IN4/c1-7-6-11(14,16-10(13)15-7)8-4-2-3-5-9(8)12/h2-6H,14H2,1H3,(H3,13,15,16). The minimum absolute atomic E-state index is 0.349. The minimum Gasteiger partial charge on any atom is -0.370 e. The summed E-state index contributed by atoms with van der Waals surface area (Å²) in [6.07, 6.45) is 1.88. The van der Waals surface area contributed by atoms with Crippen LogP contribution in [0.15, 0.2) is 41.0 Å². The zero-order valence-electron chi connectivity index (χ0n) is 8.87. The molecule has 0 spiro atoms. The Balaban J connectivity index is 2.54. The van der Waals surface area contributed by atoms with Crippen LogP contribution >= 0.6 is 22.6 Å². The molecular weight excluding hydrogens is 315 g/mol. The fourth-order valence-electron chi connectivity index (χ4n) is 1.75. The van der Waals surface area contributed by atoms with E-state index in [-0.39, 0.29) is 0 Å². The molecule has 4 nitrogen and oxygen atoms in total. The van der Waals surface area contributed by atoms with Gasteiger partial charge in [-0.2, -0.15) is 0 Å². The molecule has 1 aromatic carbocycles. The highest BCUT2D eigenvalue weighted by Gasteiger charge is 2.29. The SMILES string of the molecule is CC1=CC(N)(c2ccccc2I)N=C(N)N1. The number of allylic oxidation sites excluding steroid dienone is 1. The third-order valence-corrected chi connectivity index (χ3v) is 3.31. The van der Waals surface area contributed by atoms with Gasteiger partial charge in [0.25, 0.3) is 0 Å². The molecule has 1 atom stereocenters. The van der Waals surface area contributed by atoms with Gasteiger partial charge in [0.1, 0.15) is 0 Å². The van der Waals surface area contributed by atoms with E-state index in [1.54, 1.807) is 0 Å². The molecule has 1 aliphatic rings. The van der Waals surface area contributed by atoms with Gasteiger partial charge in [-0.05, 0) is 41.7 Å². The normalized spacial score (nSPS) is 24.4. The van der Waals surface area contributed by atoms with Gasteiger partial charge < -0.3 is 11.1 Å². The van der Waals surface area contributed by atoms with Gasteiger partial charge in [0.2, 0.25) is 0 Å². The van der Waals surface area contributed by atoms with Crippen LogP contribution in [-0.2, 0) is 5.66 Å². The molecule has 0 aromatic heterocycles. The summed E-state index contributed by atoms with van der Waals surface area (Å²) < 4.78 is 1.07. The van der Waals surface area contributed by atoms with E-state index in [1.165, 1.54) is 0 Å². The minimum atomic E-state index is -0.864. The van der Waals surface area contributed by atoms with E-state index in [0.717, 1.165) is 14.8 Å². The number of nitrogens with one attached hydrogen (secondary N) is 1. The Morgan fingerprint density at radius 2 is 2.06 bits per heavy atom. The molecule has 84 valence electrons. The van der Waals surface area contributed by atoms with Crippen molar-refractivity contribution in [1.29, 1.82) is 0 Å². The van der Waals surface area contributed by atoms with Gasteiger partial charge in [-0.25, -0.2) is 4.99 Å². The summed E-state index contributed by atoms with van der Waals surface area (Å²) in [6.45, 7) is 1.92. The first-order valence-corrected chi connectivity index (χ1v) is 5.95. The monoisotopic (exact) mass is 328 g/mol. The lowest BCUT2D eigenvalue weighted by Gasteiger charge is -2.28. The summed E-state index contributed by atoms with van der Waals surface area (Å²) in [6, 6.07) is 7.89. The zero-order valence-corrected chi connectivity index (χ0v) is 11.0. The number of nitrogens with zero attached hydrogens (tertiary/aromatic N) is 1. The largest absolute Gasteiger partial charge is 0.370 e. The van der Waals surface area contributed by atoms with Gasteiger partial charge in [-0.15, -0.1) is 0 Å². The predicted molar refractivity (Wildman–Crippen MR) is 73.5 cm³/mol. The summed E-state index contributed by atoms with van der Waals surface area (Å²) >= 11 is 2.25. The van der Waals surface area contributed by atoms with Gasteiger partial charge in [-0.3, -0.25) is 5.73 Å². The van der Waals surface area contributed by atoms with Crippen molar-refractivity contribution in [2.75, 3.05) is 0 Å². The van der Waals surface area contributed by atoms with E-state index < -0.39 is 5.66 Å². The first-order valence-electron chi connectivity index (χ1n) is 4.87. The lowest BCUT2D eigenvalue weighted by atomic mass is 9.99. The number of guanidine groups is 1. The molecule has 0 bridgehead atoms. The second kappa shape index (κ2) is 4.06. The van der Waals surface area contributed by atoms with Crippen LogP contribution < -0.4 is 16.8 Å². The molecular formula is C11H13IN4. The van der Waals surface area contributed by atoms with E-state index in [1.807, 2.05) is 37.3 Å². The number of hydrogen-bond donors (Lipinski definition) is 3. The number of benzene rings is 1. The Labute approximate surface area is 108 Å². The number of nitrogens with two attached hydrogens (primary N) is 2. The van der Waals surface area contributed by atoms with E-state index in [2.05, 4.69) is 32.9 Å². The fraction of sp³-hybridized carbons (Fsp3) is 0.182. The summed E-state index contributed by atoms with van der Waals surface area (Å²) in [7, 11) is 0. The first kappa shape index (κ1) is 11.4. The lowest BCUT2D eigenvalue weighted by molar-refractivity contribution is 0.570. The first-order chi connectivity index (χ1) is 7.51. The number of halogens is 1. The van der Waals surface area contributed by atoms with E-state index in [4.69, 9.17) is 11.5 Å². The number of hydrogen-bond acceptors (Lipinski definition) is 4. The van der Waals surface area contributed by atoms with Crippen molar-refractivity contribution in [3.05, 3.63) is 45.2 Å². The second-order valence-corrected chi connectivity index (χ2v) is 4.92. The second-order valence-electron chi connectivity index (χ2n) is 3.75. The molecule has 0 saturated heterocycles. The Hall–Kier alpha value is -1.08. The Bertz CT molecular complexity index is 461. The fourth-order valence-corrected chi connectivity index (χ4v) is 2.57. The molecule has 0 fully saturated rings. The van der Waals surface area contributed by atoms with Crippen molar-refractivity contribution in [2.45, 2.75) is 12.6 Å². The quantitative estimate of drug-likeness (QED) is 0.679. The van der Waals surface area contributed by atoms with Gasteiger partial charge >= 0.3 is 0 Å².